The van der Waals surface area contributed by atoms with Gasteiger partial charge in [-0.05, 0) is 61.9 Å². The second-order valence-electron chi connectivity index (χ2n) is 8.31. The van der Waals surface area contributed by atoms with E-state index in [1.807, 2.05) is 19.9 Å². The predicted molar refractivity (Wildman–Crippen MR) is 127 cm³/mol. The molecule has 0 aliphatic carbocycles. The Bertz CT molecular complexity index is 1300. The molecule has 5 rings (SSSR count). The smallest absolute Gasteiger partial charge is 0.300 e. The van der Waals surface area contributed by atoms with Crippen LogP contribution >= 0.6 is 0 Å². The molecule has 2 unspecified atom stereocenters. The zero-order chi connectivity index (χ0) is 23.8. The molecular weight excluding hydrogens is 432 g/mol. The molecule has 0 radical (unpaired) electrons. The summed E-state index contributed by atoms with van der Waals surface area (Å²) in [5, 5.41) is 11.3. The van der Waals surface area contributed by atoms with Crippen LogP contribution in [0, 0.1) is 0 Å². The fourth-order valence-corrected chi connectivity index (χ4v) is 4.53. The average Bonchev–Trinajstić information content (AvgIpc) is 3.35. The number of Topliss-reactive ketones (excluding diaryl/α,β-unsaturated/α-hetero) is 1. The van der Waals surface area contributed by atoms with E-state index in [1.54, 1.807) is 60.8 Å². The van der Waals surface area contributed by atoms with Crippen LogP contribution in [-0.2, 0) is 16.0 Å². The molecule has 2 aliphatic heterocycles. The highest BCUT2D eigenvalue weighted by molar-refractivity contribution is 6.51. The van der Waals surface area contributed by atoms with Gasteiger partial charge in [0.15, 0.2) is 0 Å². The van der Waals surface area contributed by atoms with Crippen molar-refractivity contribution < 1.29 is 24.2 Å². The minimum atomic E-state index is -0.887. The highest BCUT2D eigenvalue weighted by Crippen LogP contribution is 2.42. The molecule has 2 aromatic carbocycles. The Morgan fingerprint density at radius 1 is 1.15 bits per heavy atom. The van der Waals surface area contributed by atoms with Crippen LogP contribution in [-0.4, -0.2) is 34.5 Å². The number of aromatic nitrogens is 1. The summed E-state index contributed by atoms with van der Waals surface area (Å²) in [6.07, 6.45) is 2.35. The van der Waals surface area contributed by atoms with Gasteiger partial charge in [-0.2, -0.15) is 0 Å². The number of hydrogen-bond donors (Lipinski definition) is 1. The quantitative estimate of drug-likeness (QED) is 0.347. The van der Waals surface area contributed by atoms with Crippen LogP contribution in [0.5, 0.6) is 11.5 Å². The largest absolute Gasteiger partial charge is 0.507 e. The highest BCUT2D eigenvalue weighted by Gasteiger charge is 2.47. The second kappa shape index (κ2) is 8.67. The maximum atomic E-state index is 13.3. The van der Waals surface area contributed by atoms with Crippen LogP contribution < -0.4 is 14.4 Å². The first-order valence-corrected chi connectivity index (χ1v) is 11.2. The van der Waals surface area contributed by atoms with Crippen molar-refractivity contribution in [2.75, 3.05) is 11.5 Å². The first-order valence-electron chi connectivity index (χ1n) is 11.2. The molecule has 2 atom stereocenters. The molecule has 7 nitrogen and oxygen atoms in total. The Kier molecular flexibility index (Phi) is 5.53. The van der Waals surface area contributed by atoms with Crippen molar-refractivity contribution in [2.24, 2.45) is 0 Å². The van der Waals surface area contributed by atoms with Gasteiger partial charge in [0.05, 0.1) is 17.9 Å². The number of ketones is 1. The monoisotopic (exact) mass is 456 g/mol. The molecule has 3 aromatic rings. The molecule has 1 saturated heterocycles. The van der Waals surface area contributed by atoms with E-state index in [4.69, 9.17) is 9.47 Å². The van der Waals surface area contributed by atoms with Crippen molar-refractivity contribution >= 4 is 23.1 Å². The van der Waals surface area contributed by atoms with Crippen molar-refractivity contribution in [3.05, 3.63) is 89.3 Å². The maximum absolute atomic E-state index is 13.3. The van der Waals surface area contributed by atoms with Crippen LogP contribution in [0.2, 0.25) is 0 Å². The van der Waals surface area contributed by atoms with Crippen molar-refractivity contribution in [3.8, 4) is 11.5 Å². The summed E-state index contributed by atoms with van der Waals surface area (Å²) in [5.41, 5.74) is 2.36. The van der Waals surface area contributed by atoms with Gasteiger partial charge >= 0.3 is 0 Å². The molecule has 1 amide bonds. The Hall–Kier alpha value is -4.13. The number of ether oxygens (including phenoxy) is 2. The zero-order valence-corrected chi connectivity index (χ0v) is 18.9. The molecule has 2 aliphatic rings. The van der Waals surface area contributed by atoms with E-state index in [2.05, 4.69) is 4.98 Å². The van der Waals surface area contributed by atoms with E-state index in [0.29, 0.717) is 35.7 Å². The normalized spacial score (nSPS) is 20.8. The molecule has 34 heavy (non-hydrogen) atoms. The minimum Gasteiger partial charge on any atom is -0.507 e. The minimum absolute atomic E-state index is 0.00238. The number of benzene rings is 2. The van der Waals surface area contributed by atoms with E-state index < -0.39 is 17.7 Å². The van der Waals surface area contributed by atoms with Gasteiger partial charge in [-0.3, -0.25) is 19.5 Å². The third-order valence-corrected chi connectivity index (χ3v) is 5.99. The number of pyridine rings is 1. The predicted octanol–water partition coefficient (Wildman–Crippen LogP) is 4.43. The number of carbonyl (C=O) groups excluding carboxylic acids is 2. The Morgan fingerprint density at radius 2 is 2.00 bits per heavy atom. The number of anilines is 1. The summed E-state index contributed by atoms with van der Waals surface area (Å²) in [7, 11) is 0. The third-order valence-electron chi connectivity index (χ3n) is 5.99. The molecule has 3 heterocycles. The van der Waals surface area contributed by atoms with Crippen molar-refractivity contribution in [2.45, 2.75) is 32.4 Å². The third kappa shape index (κ3) is 3.69. The Labute approximate surface area is 197 Å². The van der Waals surface area contributed by atoms with E-state index >= 15 is 0 Å². The highest BCUT2D eigenvalue weighted by atomic mass is 16.5. The molecule has 7 heteroatoms. The fraction of sp³-hybridized carbons (Fsp3) is 0.222. The summed E-state index contributed by atoms with van der Waals surface area (Å²) < 4.78 is 11.3. The molecule has 0 spiro atoms. The number of amides is 1. The lowest BCUT2D eigenvalue weighted by Gasteiger charge is -2.25. The van der Waals surface area contributed by atoms with Gasteiger partial charge in [0.1, 0.15) is 29.4 Å². The number of fused-ring (bicyclic) bond motifs is 1. The molecule has 0 saturated carbocycles. The summed E-state index contributed by atoms with van der Waals surface area (Å²) in [6, 6.07) is 16.7. The lowest BCUT2D eigenvalue weighted by Crippen LogP contribution is -2.29. The number of aliphatic hydroxyl groups is 1. The van der Waals surface area contributed by atoms with Crippen molar-refractivity contribution in [1.29, 1.82) is 0 Å². The number of nitrogens with zero attached hydrogens (tertiary/aromatic N) is 2. The van der Waals surface area contributed by atoms with Crippen LogP contribution in [0.15, 0.2) is 72.4 Å². The van der Waals surface area contributed by atoms with Gasteiger partial charge in [-0.25, -0.2) is 0 Å². The zero-order valence-electron chi connectivity index (χ0n) is 18.9. The van der Waals surface area contributed by atoms with Crippen LogP contribution in [0.1, 0.15) is 36.7 Å². The lowest BCUT2D eigenvalue weighted by atomic mass is 9.96. The Balaban J connectivity index is 1.66. The first kappa shape index (κ1) is 21.7. The van der Waals surface area contributed by atoms with E-state index in [-0.39, 0.29) is 17.4 Å². The van der Waals surface area contributed by atoms with Gasteiger partial charge in [0, 0.05) is 29.9 Å². The molecule has 1 N–H and O–H groups in total. The van der Waals surface area contributed by atoms with E-state index in [0.717, 1.165) is 11.3 Å². The molecule has 0 bridgehead atoms. The number of rotatable bonds is 5. The Morgan fingerprint density at radius 3 is 2.76 bits per heavy atom. The fourth-order valence-electron chi connectivity index (χ4n) is 4.53. The molecule has 1 aromatic heterocycles. The lowest BCUT2D eigenvalue weighted by molar-refractivity contribution is -0.132. The van der Waals surface area contributed by atoms with Crippen LogP contribution in [0.4, 0.5) is 5.69 Å². The maximum Gasteiger partial charge on any atom is 0.300 e. The summed E-state index contributed by atoms with van der Waals surface area (Å²) in [6.45, 7) is 4.31. The summed E-state index contributed by atoms with van der Waals surface area (Å²) in [5.74, 6) is -0.392. The summed E-state index contributed by atoms with van der Waals surface area (Å²) in [4.78, 5) is 32.4. The topological polar surface area (TPSA) is 89.0 Å². The van der Waals surface area contributed by atoms with Crippen LogP contribution in [0.3, 0.4) is 0 Å². The van der Waals surface area contributed by atoms with Gasteiger partial charge < -0.3 is 14.6 Å². The molecule has 1 fully saturated rings. The summed E-state index contributed by atoms with van der Waals surface area (Å²) >= 11 is 0. The van der Waals surface area contributed by atoms with Gasteiger partial charge in [-0.1, -0.05) is 12.1 Å². The number of carbonyl (C=O) groups is 2. The van der Waals surface area contributed by atoms with Crippen molar-refractivity contribution in [1.82, 2.24) is 4.98 Å². The van der Waals surface area contributed by atoms with Crippen LogP contribution in [0.25, 0.3) is 5.76 Å². The first-order chi connectivity index (χ1) is 16.5. The van der Waals surface area contributed by atoms with Gasteiger partial charge in [-0.15, -0.1) is 0 Å². The number of hydrogen-bond acceptors (Lipinski definition) is 6. The molecular formula is C27H24N2O5. The SMILES string of the molecule is CCOc1cccc(N2C(=O)C(=O)/C(=C(\O)c3ccc4c(c3)CC(C)O4)C2c2ccccn2)c1. The van der Waals surface area contributed by atoms with Crippen molar-refractivity contribution in [3.63, 3.8) is 0 Å². The van der Waals surface area contributed by atoms with E-state index in [9.17, 15) is 14.7 Å². The van der Waals surface area contributed by atoms with Gasteiger partial charge in [0.25, 0.3) is 11.7 Å². The van der Waals surface area contributed by atoms with E-state index in [1.165, 1.54) is 4.90 Å². The molecule has 172 valence electrons. The second-order valence-corrected chi connectivity index (χ2v) is 8.31. The number of aliphatic hydroxyl groups excluding tert-OH is 1. The standard InChI is InChI=1S/C27H24N2O5/c1-3-33-20-8-6-7-19(15-20)29-24(21-9-4-5-12-28-21)23(26(31)27(29)32)25(30)17-10-11-22-18(14-17)13-16(2)34-22/h4-12,14-16,24,30H,3,13H2,1-2H3/b25-23-. The van der Waals surface area contributed by atoms with Gasteiger partial charge in [0.2, 0.25) is 0 Å². The average molecular weight is 456 g/mol.